The van der Waals surface area contributed by atoms with Crippen molar-refractivity contribution in [1.82, 2.24) is 10.6 Å². The smallest absolute Gasteiger partial charge is 0.191 e. The Bertz CT molecular complexity index is 449. The lowest BCUT2D eigenvalue weighted by Crippen LogP contribution is -2.38. The van der Waals surface area contributed by atoms with Gasteiger partial charge in [0, 0.05) is 25.9 Å². The Hall–Kier alpha value is -0.0500. The van der Waals surface area contributed by atoms with Crippen LogP contribution in [-0.2, 0) is 9.84 Å². The van der Waals surface area contributed by atoms with E-state index < -0.39 is 9.84 Å². The van der Waals surface area contributed by atoms with Crippen LogP contribution in [0, 0.1) is 11.3 Å². The number of guanidine groups is 1. The van der Waals surface area contributed by atoms with Crippen LogP contribution in [0.25, 0.3) is 0 Å². The first-order valence-corrected chi connectivity index (χ1v) is 10.8. The molecule has 0 heterocycles. The highest BCUT2D eigenvalue weighted by Crippen LogP contribution is 2.21. The van der Waals surface area contributed by atoms with Crippen molar-refractivity contribution in [1.29, 1.82) is 0 Å². The molecule has 0 saturated heterocycles. The Morgan fingerprint density at radius 1 is 1.17 bits per heavy atom. The molecule has 0 rings (SSSR count). The zero-order valence-corrected chi connectivity index (χ0v) is 19.5. The predicted octanol–water partition coefficient (Wildman–Crippen LogP) is 3.45. The second kappa shape index (κ2) is 13.2. The van der Waals surface area contributed by atoms with Gasteiger partial charge in [-0.05, 0) is 31.1 Å². The summed E-state index contributed by atoms with van der Waals surface area (Å²) in [7, 11) is -2.91. The molecular formula is C17H38IN3O2S. The van der Waals surface area contributed by atoms with Crippen LogP contribution >= 0.6 is 24.0 Å². The number of nitrogens with one attached hydrogen (secondary N) is 2. The Labute approximate surface area is 166 Å². The molecule has 0 fully saturated rings. The zero-order chi connectivity index (χ0) is 17.9. The van der Waals surface area contributed by atoms with E-state index in [1.165, 1.54) is 19.1 Å². The Kier molecular flexibility index (Phi) is 14.4. The number of unbranched alkanes of at least 4 members (excludes halogenated alkanes) is 1. The monoisotopic (exact) mass is 475 g/mol. The van der Waals surface area contributed by atoms with E-state index in [2.05, 4.69) is 43.3 Å². The van der Waals surface area contributed by atoms with Gasteiger partial charge in [-0.15, -0.1) is 24.0 Å². The Balaban J connectivity index is 0. The van der Waals surface area contributed by atoms with Crippen molar-refractivity contribution in [2.24, 2.45) is 16.3 Å². The maximum Gasteiger partial charge on any atom is 0.191 e. The number of halogens is 1. The van der Waals surface area contributed by atoms with E-state index in [0.717, 1.165) is 31.4 Å². The van der Waals surface area contributed by atoms with Crippen LogP contribution < -0.4 is 10.6 Å². The largest absolute Gasteiger partial charge is 0.357 e. The van der Waals surface area contributed by atoms with Gasteiger partial charge in [-0.1, -0.05) is 40.5 Å². The molecule has 146 valence electrons. The van der Waals surface area contributed by atoms with E-state index in [0.29, 0.717) is 13.0 Å². The molecule has 0 spiro atoms. The maximum absolute atomic E-state index is 11.3. The summed E-state index contributed by atoms with van der Waals surface area (Å²) in [5.74, 6) is 1.80. The van der Waals surface area contributed by atoms with E-state index in [1.807, 2.05) is 6.92 Å². The number of hydrogen-bond donors (Lipinski definition) is 2. The lowest BCUT2D eigenvalue weighted by Gasteiger charge is -2.22. The highest BCUT2D eigenvalue weighted by atomic mass is 127. The van der Waals surface area contributed by atoms with Crippen molar-refractivity contribution in [2.75, 3.05) is 31.6 Å². The molecule has 0 unspecified atom stereocenters. The van der Waals surface area contributed by atoms with Gasteiger partial charge in [0.2, 0.25) is 0 Å². The molecule has 0 amide bonds. The summed E-state index contributed by atoms with van der Waals surface area (Å²) in [5, 5.41) is 6.61. The standard InChI is InChI=1S/C17H37N3O2S.HI/c1-7-18-16(19-12-9-8-10-15(2)3)20-14-17(4,5)11-13-23(6,21)22;/h15H,7-14H2,1-6H3,(H2,18,19,20);1H. The minimum absolute atomic E-state index is 0. The third kappa shape index (κ3) is 16.8. The quantitative estimate of drug-likeness (QED) is 0.208. The van der Waals surface area contributed by atoms with E-state index in [1.54, 1.807) is 0 Å². The maximum atomic E-state index is 11.3. The lowest BCUT2D eigenvalue weighted by molar-refractivity contribution is 0.365. The van der Waals surface area contributed by atoms with Crippen molar-refractivity contribution >= 4 is 39.8 Å². The van der Waals surface area contributed by atoms with E-state index >= 15 is 0 Å². The molecule has 0 bridgehead atoms. The van der Waals surface area contributed by atoms with Crippen LogP contribution in [0.5, 0.6) is 0 Å². The zero-order valence-electron chi connectivity index (χ0n) is 16.3. The summed E-state index contributed by atoms with van der Waals surface area (Å²) in [6.45, 7) is 13.0. The highest BCUT2D eigenvalue weighted by molar-refractivity contribution is 14.0. The Morgan fingerprint density at radius 2 is 1.79 bits per heavy atom. The molecule has 0 aliphatic rings. The minimum atomic E-state index is -2.91. The first-order chi connectivity index (χ1) is 10.6. The summed E-state index contributed by atoms with van der Waals surface area (Å²) < 4.78 is 22.6. The van der Waals surface area contributed by atoms with Gasteiger partial charge >= 0.3 is 0 Å². The van der Waals surface area contributed by atoms with Gasteiger partial charge in [-0.3, -0.25) is 4.99 Å². The molecule has 0 radical (unpaired) electrons. The molecule has 24 heavy (non-hydrogen) atoms. The average molecular weight is 475 g/mol. The predicted molar refractivity (Wildman–Crippen MR) is 116 cm³/mol. The van der Waals surface area contributed by atoms with Crippen LogP contribution in [0.15, 0.2) is 4.99 Å². The fraction of sp³-hybridized carbons (Fsp3) is 0.941. The van der Waals surface area contributed by atoms with Crippen molar-refractivity contribution in [3.63, 3.8) is 0 Å². The molecule has 0 aliphatic carbocycles. The van der Waals surface area contributed by atoms with Gasteiger partial charge in [0.15, 0.2) is 5.96 Å². The second-order valence-electron chi connectivity index (χ2n) is 7.56. The number of nitrogens with zero attached hydrogens (tertiary/aromatic N) is 1. The van der Waals surface area contributed by atoms with Gasteiger partial charge in [-0.25, -0.2) is 8.42 Å². The molecule has 7 heteroatoms. The summed E-state index contributed by atoms with van der Waals surface area (Å²) in [5.41, 5.74) is -0.122. The molecule has 0 aromatic carbocycles. The number of aliphatic imine (C=N–C) groups is 1. The van der Waals surface area contributed by atoms with Crippen molar-refractivity contribution in [2.45, 2.75) is 60.3 Å². The summed E-state index contributed by atoms with van der Waals surface area (Å²) in [6.07, 6.45) is 5.54. The highest BCUT2D eigenvalue weighted by Gasteiger charge is 2.20. The lowest BCUT2D eigenvalue weighted by atomic mass is 9.90. The van der Waals surface area contributed by atoms with E-state index in [4.69, 9.17) is 0 Å². The molecule has 5 nitrogen and oxygen atoms in total. The van der Waals surface area contributed by atoms with Gasteiger partial charge in [-0.2, -0.15) is 0 Å². The SMILES string of the molecule is CCNC(=NCC(C)(C)CCS(C)(=O)=O)NCCCCC(C)C.I. The van der Waals surface area contributed by atoms with Gasteiger partial charge in [0.05, 0.1) is 5.75 Å². The summed E-state index contributed by atoms with van der Waals surface area (Å²) in [4.78, 5) is 4.62. The Morgan fingerprint density at radius 3 is 2.29 bits per heavy atom. The van der Waals surface area contributed by atoms with Crippen LogP contribution in [0.3, 0.4) is 0 Å². The molecule has 2 N–H and O–H groups in total. The summed E-state index contributed by atoms with van der Waals surface area (Å²) >= 11 is 0. The molecular weight excluding hydrogens is 437 g/mol. The van der Waals surface area contributed by atoms with Crippen LogP contribution in [0.4, 0.5) is 0 Å². The van der Waals surface area contributed by atoms with E-state index in [9.17, 15) is 8.42 Å². The van der Waals surface area contributed by atoms with Crippen molar-refractivity contribution in [3.05, 3.63) is 0 Å². The fourth-order valence-corrected chi connectivity index (χ4v) is 2.98. The van der Waals surface area contributed by atoms with E-state index in [-0.39, 0.29) is 35.1 Å². The summed E-state index contributed by atoms with van der Waals surface area (Å²) in [6, 6.07) is 0. The first-order valence-electron chi connectivity index (χ1n) is 8.75. The first kappa shape index (κ1) is 26.2. The topological polar surface area (TPSA) is 70.6 Å². The van der Waals surface area contributed by atoms with Crippen LogP contribution in [0.1, 0.15) is 60.3 Å². The van der Waals surface area contributed by atoms with Crippen LogP contribution in [-0.4, -0.2) is 46.0 Å². The number of rotatable bonds is 11. The average Bonchev–Trinajstić information content (AvgIpc) is 2.41. The third-order valence-corrected chi connectivity index (χ3v) is 4.61. The molecule has 0 atom stereocenters. The third-order valence-electron chi connectivity index (χ3n) is 3.66. The number of hydrogen-bond acceptors (Lipinski definition) is 3. The van der Waals surface area contributed by atoms with Gasteiger partial charge in [0.1, 0.15) is 9.84 Å². The molecule has 0 saturated carbocycles. The van der Waals surface area contributed by atoms with Gasteiger partial charge in [0.25, 0.3) is 0 Å². The molecule has 0 aromatic heterocycles. The number of sulfone groups is 1. The van der Waals surface area contributed by atoms with Gasteiger partial charge < -0.3 is 10.6 Å². The normalized spacial score (nSPS) is 12.9. The molecule has 0 aromatic rings. The fourth-order valence-electron chi connectivity index (χ4n) is 2.06. The minimum Gasteiger partial charge on any atom is -0.357 e. The van der Waals surface area contributed by atoms with Crippen LogP contribution in [0.2, 0.25) is 0 Å². The van der Waals surface area contributed by atoms with Crippen molar-refractivity contribution in [3.8, 4) is 0 Å². The molecule has 0 aliphatic heterocycles. The second-order valence-corrected chi connectivity index (χ2v) is 9.82. The van der Waals surface area contributed by atoms with Crippen molar-refractivity contribution < 1.29 is 8.42 Å².